The highest BCUT2D eigenvalue weighted by Gasteiger charge is 2.36. The third-order valence-corrected chi connectivity index (χ3v) is 5.48. The second kappa shape index (κ2) is 4.92. The number of rotatable bonds is 2. The number of allylic oxidation sites excluding steroid dienone is 1. The molecule has 2 fully saturated rings. The Morgan fingerprint density at radius 2 is 2.15 bits per heavy atom. The van der Waals surface area contributed by atoms with Gasteiger partial charge in [0.15, 0.2) is 0 Å². The summed E-state index contributed by atoms with van der Waals surface area (Å²) in [4.78, 5) is 2.58. The van der Waals surface area contributed by atoms with Gasteiger partial charge in [-0.1, -0.05) is 24.3 Å². The third kappa shape index (κ3) is 1.98. The van der Waals surface area contributed by atoms with E-state index in [4.69, 9.17) is 0 Å². The molecular weight excluding hydrogens is 244 g/mol. The Hall–Kier alpha value is -1.28. The predicted octanol–water partition coefficient (Wildman–Crippen LogP) is 3.16. The normalized spacial score (nSPS) is 35.8. The molecule has 0 amide bonds. The first-order valence-electron chi connectivity index (χ1n) is 8.08. The van der Waals surface area contributed by atoms with Crippen LogP contribution in [0.5, 0.6) is 0 Å². The molecule has 0 saturated carbocycles. The zero-order valence-electron chi connectivity index (χ0n) is 12.3. The van der Waals surface area contributed by atoms with E-state index in [0.717, 1.165) is 11.8 Å². The molecule has 0 radical (unpaired) electrons. The van der Waals surface area contributed by atoms with Gasteiger partial charge in [0.1, 0.15) is 0 Å². The number of hydrogen-bond acceptors (Lipinski definition) is 2. The average Bonchev–Trinajstić information content (AvgIpc) is 3.14. The molecule has 20 heavy (non-hydrogen) atoms. The van der Waals surface area contributed by atoms with Crippen LogP contribution in [-0.2, 0) is 0 Å². The van der Waals surface area contributed by atoms with Gasteiger partial charge >= 0.3 is 0 Å². The van der Waals surface area contributed by atoms with E-state index >= 15 is 0 Å². The van der Waals surface area contributed by atoms with E-state index in [1.54, 1.807) is 0 Å². The maximum absolute atomic E-state index is 3.54. The molecule has 1 aromatic rings. The van der Waals surface area contributed by atoms with Crippen LogP contribution in [0.1, 0.15) is 31.2 Å². The van der Waals surface area contributed by atoms with Gasteiger partial charge in [0.25, 0.3) is 0 Å². The quantitative estimate of drug-likeness (QED) is 0.829. The Labute approximate surface area is 121 Å². The van der Waals surface area contributed by atoms with Crippen LogP contribution in [0.25, 0.3) is 0 Å². The number of benzene rings is 1. The van der Waals surface area contributed by atoms with Crippen molar-refractivity contribution in [1.82, 2.24) is 5.32 Å². The van der Waals surface area contributed by atoms with Gasteiger partial charge in [-0.05, 0) is 55.8 Å². The molecule has 0 spiro atoms. The van der Waals surface area contributed by atoms with Crippen molar-refractivity contribution in [3.8, 4) is 0 Å². The number of anilines is 1. The van der Waals surface area contributed by atoms with Crippen LogP contribution in [0.4, 0.5) is 5.69 Å². The van der Waals surface area contributed by atoms with Crippen molar-refractivity contribution in [2.75, 3.05) is 24.5 Å². The summed E-state index contributed by atoms with van der Waals surface area (Å²) in [6.45, 7) is 5.91. The number of hydrogen-bond donors (Lipinski definition) is 1. The fourth-order valence-corrected chi connectivity index (χ4v) is 4.31. The molecule has 106 valence electrons. The van der Waals surface area contributed by atoms with Crippen LogP contribution in [0.2, 0.25) is 0 Å². The van der Waals surface area contributed by atoms with Crippen molar-refractivity contribution >= 4 is 5.69 Å². The molecule has 4 rings (SSSR count). The second-order valence-corrected chi connectivity index (χ2v) is 6.68. The lowest BCUT2D eigenvalue weighted by Gasteiger charge is -2.26. The highest BCUT2D eigenvalue weighted by Crippen LogP contribution is 2.41. The first kappa shape index (κ1) is 12.5. The SMILES string of the molecule is C[C@@H]1CCCN1c1cccc(C2C=C[C@@H]3CNC[C@@H]23)c1. The first-order valence-corrected chi connectivity index (χ1v) is 8.08. The maximum Gasteiger partial charge on any atom is 0.0371 e. The average molecular weight is 268 g/mol. The van der Waals surface area contributed by atoms with Gasteiger partial charge in [0.05, 0.1) is 0 Å². The minimum Gasteiger partial charge on any atom is -0.369 e. The fourth-order valence-electron chi connectivity index (χ4n) is 4.31. The largest absolute Gasteiger partial charge is 0.369 e. The van der Waals surface area contributed by atoms with Crippen LogP contribution in [0.3, 0.4) is 0 Å². The zero-order chi connectivity index (χ0) is 13.5. The van der Waals surface area contributed by atoms with E-state index in [2.05, 4.69) is 53.6 Å². The highest BCUT2D eigenvalue weighted by molar-refractivity contribution is 5.52. The molecule has 2 aliphatic heterocycles. The van der Waals surface area contributed by atoms with Gasteiger partial charge in [-0.3, -0.25) is 0 Å². The van der Waals surface area contributed by atoms with Gasteiger partial charge in [0.2, 0.25) is 0 Å². The molecular formula is C18H24N2. The Morgan fingerprint density at radius 1 is 1.20 bits per heavy atom. The molecule has 2 heterocycles. The topological polar surface area (TPSA) is 15.3 Å². The minimum atomic E-state index is 0.618. The second-order valence-electron chi connectivity index (χ2n) is 6.68. The molecule has 1 aromatic carbocycles. The standard InChI is InChI=1S/C18H24N2/c1-13-4-3-9-20(13)16-6-2-5-14(10-16)17-8-7-15-11-19-12-18(15)17/h2,5-8,10,13,15,17-19H,3-4,9,11-12H2,1H3/t13-,15-,17?,18-/m1/s1. The van der Waals surface area contributed by atoms with E-state index in [1.165, 1.54) is 43.7 Å². The molecule has 2 saturated heterocycles. The van der Waals surface area contributed by atoms with Gasteiger partial charge in [-0.25, -0.2) is 0 Å². The predicted molar refractivity (Wildman–Crippen MR) is 84.2 cm³/mol. The van der Waals surface area contributed by atoms with Crippen LogP contribution < -0.4 is 10.2 Å². The fraction of sp³-hybridized carbons (Fsp3) is 0.556. The van der Waals surface area contributed by atoms with Crippen molar-refractivity contribution in [3.63, 3.8) is 0 Å². The molecule has 1 aliphatic carbocycles. The molecule has 0 bridgehead atoms. The van der Waals surface area contributed by atoms with Crippen molar-refractivity contribution < 1.29 is 0 Å². The summed E-state index contributed by atoms with van der Waals surface area (Å²) in [6.07, 6.45) is 7.55. The molecule has 2 nitrogen and oxygen atoms in total. The molecule has 0 aromatic heterocycles. The summed E-state index contributed by atoms with van der Waals surface area (Å²) in [5.41, 5.74) is 2.93. The number of fused-ring (bicyclic) bond motifs is 1. The van der Waals surface area contributed by atoms with E-state index < -0.39 is 0 Å². The summed E-state index contributed by atoms with van der Waals surface area (Å²) in [5, 5.41) is 3.54. The van der Waals surface area contributed by atoms with Gasteiger partial charge in [-0.2, -0.15) is 0 Å². The summed E-state index contributed by atoms with van der Waals surface area (Å²) in [5.74, 6) is 2.16. The number of nitrogens with one attached hydrogen (secondary N) is 1. The van der Waals surface area contributed by atoms with E-state index in [1.807, 2.05) is 0 Å². The van der Waals surface area contributed by atoms with E-state index in [9.17, 15) is 0 Å². The lowest BCUT2D eigenvalue weighted by Crippen LogP contribution is -2.26. The van der Waals surface area contributed by atoms with Crippen LogP contribution in [0, 0.1) is 11.8 Å². The Kier molecular flexibility index (Phi) is 3.07. The minimum absolute atomic E-state index is 0.618. The third-order valence-electron chi connectivity index (χ3n) is 5.48. The summed E-state index contributed by atoms with van der Waals surface area (Å²) in [7, 11) is 0. The lowest BCUT2D eigenvalue weighted by molar-refractivity contribution is 0.482. The van der Waals surface area contributed by atoms with Gasteiger partial charge in [-0.15, -0.1) is 0 Å². The van der Waals surface area contributed by atoms with Gasteiger partial charge < -0.3 is 10.2 Å². The Morgan fingerprint density at radius 3 is 3.00 bits per heavy atom. The zero-order valence-corrected chi connectivity index (χ0v) is 12.3. The van der Waals surface area contributed by atoms with E-state index in [0.29, 0.717) is 12.0 Å². The van der Waals surface area contributed by atoms with Crippen molar-refractivity contribution in [3.05, 3.63) is 42.0 Å². The summed E-state index contributed by atoms with van der Waals surface area (Å²) < 4.78 is 0. The van der Waals surface area contributed by atoms with E-state index in [-0.39, 0.29) is 0 Å². The Balaban J connectivity index is 1.61. The Bertz CT molecular complexity index is 522. The first-order chi connectivity index (χ1) is 9.83. The summed E-state index contributed by atoms with van der Waals surface area (Å²) in [6, 6.07) is 10.00. The van der Waals surface area contributed by atoms with Gasteiger partial charge in [0, 0.05) is 30.7 Å². The van der Waals surface area contributed by atoms with Crippen molar-refractivity contribution in [1.29, 1.82) is 0 Å². The summed E-state index contributed by atoms with van der Waals surface area (Å²) >= 11 is 0. The monoisotopic (exact) mass is 268 g/mol. The molecule has 2 heteroatoms. The maximum atomic E-state index is 3.54. The van der Waals surface area contributed by atoms with Crippen LogP contribution >= 0.6 is 0 Å². The lowest BCUT2D eigenvalue weighted by atomic mass is 9.86. The highest BCUT2D eigenvalue weighted by atomic mass is 15.2. The number of nitrogens with zero attached hydrogens (tertiary/aromatic N) is 1. The van der Waals surface area contributed by atoms with Crippen LogP contribution in [-0.4, -0.2) is 25.7 Å². The van der Waals surface area contributed by atoms with Crippen LogP contribution in [0.15, 0.2) is 36.4 Å². The molecule has 3 aliphatic rings. The molecule has 1 unspecified atom stereocenters. The smallest absolute Gasteiger partial charge is 0.0371 e. The molecule has 4 atom stereocenters. The molecule has 1 N–H and O–H groups in total. The van der Waals surface area contributed by atoms with Crippen molar-refractivity contribution in [2.24, 2.45) is 11.8 Å². The van der Waals surface area contributed by atoms with Crippen molar-refractivity contribution in [2.45, 2.75) is 31.7 Å².